The third-order valence-electron chi connectivity index (χ3n) is 7.22. The minimum Gasteiger partial charge on any atom is -0.495 e. The molecule has 0 saturated heterocycles. The second-order valence-corrected chi connectivity index (χ2v) is 9.50. The summed E-state index contributed by atoms with van der Waals surface area (Å²) < 4.78 is 12.1. The lowest BCUT2D eigenvalue weighted by molar-refractivity contribution is 0.102. The number of methoxy groups -OCH3 is 2. The Kier molecular flexibility index (Phi) is 6.59. The van der Waals surface area contributed by atoms with Crippen molar-refractivity contribution in [1.82, 2.24) is 0 Å². The van der Waals surface area contributed by atoms with Crippen LogP contribution in [0.4, 0.5) is 0 Å². The predicted molar refractivity (Wildman–Crippen MR) is 160 cm³/mol. The van der Waals surface area contributed by atoms with Crippen molar-refractivity contribution >= 4 is 33.1 Å². The molecule has 0 aromatic heterocycles. The molecule has 4 heteroatoms. The Labute approximate surface area is 232 Å². The zero-order valence-electron chi connectivity index (χ0n) is 22.2. The Bertz CT molecular complexity index is 1750. The number of hydrogen-bond acceptors (Lipinski definition) is 4. The molecule has 6 rings (SSSR count). The third-order valence-corrected chi connectivity index (χ3v) is 7.22. The first-order valence-electron chi connectivity index (χ1n) is 13.0. The molecule has 0 spiro atoms. The predicted octanol–water partition coefficient (Wildman–Crippen LogP) is 8.14. The van der Waals surface area contributed by atoms with Crippen LogP contribution in [0.15, 0.2) is 121 Å². The molecule has 0 aliphatic rings. The molecule has 0 atom stereocenters. The van der Waals surface area contributed by atoms with E-state index in [1.54, 1.807) is 38.5 Å². The van der Waals surface area contributed by atoms with Crippen LogP contribution in [0.5, 0.6) is 11.5 Å². The maximum absolute atomic E-state index is 13.9. The van der Waals surface area contributed by atoms with E-state index in [4.69, 9.17) is 9.47 Å². The van der Waals surface area contributed by atoms with Crippen LogP contribution in [0.25, 0.3) is 32.7 Å². The maximum Gasteiger partial charge on any atom is 0.196 e. The van der Waals surface area contributed by atoms with E-state index in [2.05, 4.69) is 0 Å². The van der Waals surface area contributed by atoms with Gasteiger partial charge in [-0.25, -0.2) is 0 Å². The second kappa shape index (κ2) is 10.5. The Balaban J connectivity index is 1.75. The first-order chi connectivity index (χ1) is 19.6. The maximum atomic E-state index is 13.9. The van der Waals surface area contributed by atoms with Gasteiger partial charge in [0.1, 0.15) is 11.5 Å². The lowest BCUT2D eigenvalue weighted by atomic mass is 9.86. The van der Waals surface area contributed by atoms with Crippen LogP contribution >= 0.6 is 0 Å². The molecule has 0 saturated carbocycles. The molecule has 6 aromatic carbocycles. The smallest absolute Gasteiger partial charge is 0.196 e. The van der Waals surface area contributed by atoms with Gasteiger partial charge in [0.25, 0.3) is 0 Å². The number of ketones is 2. The number of carbonyl (C=O) groups excluding carboxylic acids is 2. The molecule has 0 N–H and O–H groups in total. The van der Waals surface area contributed by atoms with Gasteiger partial charge < -0.3 is 9.47 Å². The van der Waals surface area contributed by atoms with Crippen LogP contribution in [-0.4, -0.2) is 25.8 Å². The Morgan fingerprint density at radius 3 is 1.20 bits per heavy atom. The summed E-state index contributed by atoms with van der Waals surface area (Å²) in [4.78, 5) is 27.7. The minimum absolute atomic E-state index is 0.149. The first-order valence-corrected chi connectivity index (χ1v) is 13.0. The van der Waals surface area contributed by atoms with E-state index in [0.717, 1.165) is 21.5 Å². The van der Waals surface area contributed by atoms with Crippen LogP contribution in [0.3, 0.4) is 0 Å². The average molecular weight is 523 g/mol. The van der Waals surface area contributed by atoms with Crippen LogP contribution < -0.4 is 9.47 Å². The molecule has 0 aliphatic heterocycles. The highest BCUT2D eigenvalue weighted by atomic mass is 16.5. The highest BCUT2D eigenvalue weighted by molar-refractivity contribution is 6.21. The Morgan fingerprint density at radius 1 is 0.475 bits per heavy atom. The van der Waals surface area contributed by atoms with Gasteiger partial charge in [0, 0.05) is 22.3 Å². The molecule has 0 radical (unpaired) electrons. The molecule has 0 aliphatic carbocycles. The number of rotatable bonds is 7. The third kappa shape index (κ3) is 4.20. The average Bonchev–Trinajstić information content (AvgIpc) is 3.03. The fourth-order valence-corrected chi connectivity index (χ4v) is 5.40. The molecule has 4 nitrogen and oxygen atoms in total. The van der Waals surface area contributed by atoms with Gasteiger partial charge >= 0.3 is 0 Å². The topological polar surface area (TPSA) is 52.6 Å². The van der Waals surface area contributed by atoms with Gasteiger partial charge in [-0.1, -0.05) is 109 Å². The van der Waals surface area contributed by atoms with Crippen LogP contribution in [0, 0.1) is 0 Å². The minimum atomic E-state index is -0.149. The number of benzene rings is 6. The van der Waals surface area contributed by atoms with E-state index >= 15 is 0 Å². The van der Waals surface area contributed by atoms with Gasteiger partial charge in [-0.2, -0.15) is 0 Å². The van der Waals surface area contributed by atoms with Crippen molar-refractivity contribution in [3.05, 3.63) is 144 Å². The van der Waals surface area contributed by atoms with E-state index in [-0.39, 0.29) is 11.6 Å². The van der Waals surface area contributed by atoms with E-state index in [1.807, 2.05) is 97.1 Å². The SMILES string of the molecule is COc1c(C(=O)c2ccccc2)cc2ccccc2c1-c1c(OC)c(C(=O)c2ccccc2)cc2ccccc12. The zero-order chi connectivity index (χ0) is 27.6. The molecular formula is C36H26O4. The summed E-state index contributed by atoms with van der Waals surface area (Å²) in [5.74, 6) is 0.564. The summed E-state index contributed by atoms with van der Waals surface area (Å²) in [6, 6.07) is 37.8. The summed E-state index contributed by atoms with van der Waals surface area (Å²) >= 11 is 0. The van der Waals surface area contributed by atoms with Gasteiger partial charge in [0.15, 0.2) is 11.6 Å². The molecule has 0 amide bonds. The van der Waals surface area contributed by atoms with Crippen molar-refractivity contribution in [2.75, 3.05) is 14.2 Å². The number of hydrogen-bond donors (Lipinski definition) is 0. The van der Waals surface area contributed by atoms with E-state index in [0.29, 0.717) is 44.9 Å². The molecular weight excluding hydrogens is 496 g/mol. The molecule has 40 heavy (non-hydrogen) atoms. The van der Waals surface area contributed by atoms with Gasteiger partial charge in [-0.15, -0.1) is 0 Å². The monoisotopic (exact) mass is 522 g/mol. The molecule has 0 heterocycles. The number of ether oxygens (including phenoxy) is 2. The normalized spacial score (nSPS) is 10.9. The standard InChI is InChI=1S/C36H26O4/c1-39-35-29(33(37)23-13-5-3-6-14-23)21-25-17-9-11-19-27(25)31(35)32-28-20-12-10-18-26(28)22-30(36(32)40-2)34(38)24-15-7-4-8-16-24/h3-22H,1-2H3. The lowest BCUT2D eigenvalue weighted by Crippen LogP contribution is -2.08. The quantitative estimate of drug-likeness (QED) is 0.199. The van der Waals surface area contributed by atoms with E-state index < -0.39 is 0 Å². The highest BCUT2D eigenvalue weighted by Crippen LogP contribution is 2.49. The van der Waals surface area contributed by atoms with E-state index in [9.17, 15) is 9.59 Å². The van der Waals surface area contributed by atoms with Crippen molar-refractivity contribution in [2.24, 2.45) is 0 Å². The molecule has 194 valence electrons. The molecule has 6 aromatic rings. The summed E-state index contributed by atoms with van der Waals surface area (Å²) in [6.45, 7) is 0. The fraction of sp³-hybridized carbons (Fsp3) is 0.0556. The summed E-state index contributed by atoms with van der Waals surface area (Å²) in [7, 11) is 3.14. The second-order valence-electron chi connectivity index (χ2n) is 9.50. The highest BCUT2D eigenvalue weighted by Gasteiger charge is 2.28. The largest absolute Gasteiger partial charge is 0.495 e. The van der Waals surface area contributed by atoms with Crippen molar-refractivity contribution in [3.63, 3.8) is 0 Å². The Hall–Kier alpha value is -5.22. The number of carbonyl (C=O) groups is 2. The molecule has 0 fully saturated rings. The van der Waals surface area contributed by atoms with Gasteiger partial charge in [0.05, 0.1) is 25.3 Å². The van der Waals surface area contributed by atoms with Crippen molar-refractivity contribution in [3.8, 4) is 22.6 Å². The summed E-state index contributed by atoms with van der Waals surface area (Å²) in [5.41, 5.74) is 3.41. The number of fused-ring (bicyclic) bond motifs is 2. The van der Waals surface area contributed by atoms with Crippen molar-refractivity contribution in [2.45, 2.75) is 0 Å². The first kappa shape index (κ1) is 25.1. The van der Waals surface area contributed by atoms with E-state index in [1.165, 1.54) is 0 Å². The summed E-state index contributed by atoms with van der Waals surface area (Å²) in [6.07, 6.45) is 0. The lowest BCUT2D eigenvalue weighted by Gasteiger charge is -2.22. The Morgan fingerprint density at radius 2 is 0.825 bits per heavy atom. The van der Waals surface area contributed by atoms with Crippen molar-refractivity contribution < 1.29 is 19.1 Å². The van der Waals surface area contributed by atoms with Crippen LogP contribution in [-0.2, 0) is 0 Å². The van der Waals surface area contributed by atoms with Crippen LogP contribution in [0.2, 0.25) is 0 Å². The van der Waals surface area contributed by atoms with Gasteiger partial charge in [-0.3, -0.25) is 9.59 Å². The fourth-order valence-electron chi connectivity index (χ4n) is 5.40. The van der Waals surface area contributed by atoms with Crippen LogP contribution in [0.1, 0.15) is 31.8 Å². The van der Waals surface area contributed by atoms with Gasteiger partial charge in [0.2, 0.25) is 0 Å². The summed E-state index contributed by atoms with van der Waals surface area (Å²) in [5, 5.41) is 3.53. The zero-order valence-corrected chi connectivity index (χ0v) is 22.2. The molecule has 0 unspecified atom stereocenters. The molecule has 0 bridgehead atoms. The van der Waals surface area contributed by atoms with Gasteiger partial charge in [-0.05, 0) is 33.7 Å². The van der Waals surface area contributed by atoms with Crippen molar-refractivity contribution in [1.29, 1.82) is 0 Å².